The molecule has 6 heteroatoms. The van der Waals surface area contributed by atoms with Crippen molar-refractivity contribution in [3.8, 4) is 0 Å². The van der Waals surface area contributed by atoms with Gasteiger partial charge in [-0.25, -0.2) is 8.42 Å². The fourth-order valence-electron chi connectivity index (χ4n) is 1.93. The molecule has 0 radical (unpaired) electrons. The molecular formula is C13H23NO4S. The van der Waals surface area contributed by atoms with Gasteiger partial charge in [0, 0.05) is 18.7 Å². The number of hydrogen-bond acceptors (Lipinski definition) is 4. The Balaban J connectivity index is 3.22. The monoisotopic (exact) mass is 289 g/mol. The second-order valence-corrected chi connectivity index (χ2v) is 7.21. The van der Waals surface area contributed by atoms with Crippen LogP contribution in [0.1, 0.15) is 39.2 Å². The molecule has 1 aromatic heterocycles. The maximum atomic E-state index is 12.6. The van der Waals surface area contributed by atoms with E-state index < -0.39 is 10.0 Å². The molecule has 19 heavy (non-hydrogen) atoms. The predicted molar refractivity (Wildman–Crippen MR) is 73.2 cm³/mol. The van der Waals surface area contributed by atoms with E-state index in [0.717, 1.165) is 0 Å². The van der Waals surface area contributed by atoms with Gasteiger partial charge in [0.2, 0.25) is 10.0 Å². The van der Waals surface area contributed by atoms with Crippen molar-refractivity contribution in [2.45, 2.75) is 52.2 Å². The van der Waals surface area contributed by atoms with Gasteiger partial charge in [-0.15, -0.1) is 0 Å². The minimum absolute atomic E-state index is 0.126. The first-order chi connectivity index (χ1) is 8.70. The first-order valence-corrected chi connectivity index (χ1v) is 7.86. The van der Waals surface area contributed by atoms with Gasteiger partial charge in [0.05, 0.1) is 0 Å². The van der Waals surface area contributed by atoms with Crippen molar-refractivity contribution in [1.82, 2.24) is 4.31 Å². The Kier molecular flexibility index (Phi) is 5.18. The predicted octanol–water partition coefficient (Wildman–Crippen LogP) is 2.14. The van der Waals surface area contributed by atoms with Crippen molar-refractivity contribution in [3.63, 3.8) is 0 Å². The fraction of sp³-hybridized carbons (Fsp3) is 0.692. The Morgan fingerprint density at radius 3 is 2.26 bits per heavy atom. The summed E-state index contributed by atoms with van der Waals surface area (Å²) >= 11 is 0. The van der Waals surface area contributed by atoms with Crippen LogP contribution in [0.15, 0.2) is 15.4 Å². The second-order valence-electron chi connectivity index (χ2n) is 5.35. The normalized spacial score (nSPS) is 12.9. The highest BCUT2D eigenvalue weighted by Gasteiger charge is 2.31. The molecular weight excluding hydrogens is 266 g/mol. The third kappa shape index (κ3) is 3.58. The van der Waals surface area contributed by atoms with Crippen LogP contribution in [0.3, 0.4) is 0 Å². The van der Waals surface area contributed by atoms with Crippen molar-refractivity contribution in [1.29, 1.82) is 0 Å². The van der Waals surface area contributed by atoms with Gasteiger partial charge < -0.3 is 9.52 Å². The van der Waals surface area contributed by atoms with Crippen LogP contribution in [-0.2, 0) is 16.6 Å². The standard InChI is InChI=1S/C13H23NO4S/c1-9(2)7-14(10(3)4)19(16,17)13-6-12(8-15)18-11(13)5/h6,9-10,15H,7-8H2,1-5H3. The Hall–Kier alpha value is -0.850. The maximum Gasteiger partial charge on any atom is 0.246 e. The van der Waals surface area contributed by atoms with Crippen molar-refractivity contribution in [2.24, 2.45) is 5.92 Å². The highest BCUT2D eigenvalue weighted by atomic mass is 32.2. The summed E-state index contributed by atoms with van der Waals surface area (Å²) in [5, 5.41) is 9.03. The van der Waals surface area contributed by atoms with Crippen molar-refractivity contribution in [3.05, 3.63) is 17.6 Å². The SMILES string of the molecule is Cc1oc(CO)cc1S(=O)(=O)N(CC(C)C)C(C)C. The lowest BCUT2D eigenvalue weighted by Crippen LogP contribution is -2.39. The van der Waals surface area contributed by atoms with Gasteiger partial charge in [-0.2, -0.15) is 4.31 Å². The molecule has 0 aromatic carbocycles. The van der Waals surface area contributed by atoms with Gasteiger partial charge in [-0.05, 0) is 26.7 Å². The Bertz CT molecular complexity index is 517. The van der Waals surface area contributed by atoms with E-state index in [1.54, 1.807) is 6.92 Å². The van der Waals surface area contributed by atoms with Gasteiger partial charge in [-0.3, -0.25) is 0 Å². The zero-order valence-electron chi connectivity index (χ0n) is 12.2. The van der Waals surface area contributed by atoms with Crippen LogP contribution in [0.2, 0.25) is 0 Å². The summed E-state index contributed by atoms with van der Waals surface area (Å²) in [6.45, 7) is 9.41. The molecule has 1 aromatic rings. The molecule has 1 rings (SSSR count). The number of aryl methyl sites for hydroxylation is 1. The third-order valence-corrected chi connectivity index (χ3v) is 4.94. The van der Waals surface area contributed by atoms with Crippen molar-refractivity contribution in [2.75, 3.05) is 6.54 Å². The molecule has 0 amide bonds. The molecule has 0 atom stereocenters. The lowest BCUT2D eigenvalue weighted by atomic mass is 10.2. The Morgan fingerprint density at radius 1 is 1.32 bits per heavy atom. The average molecular weight is 289 g/mol. The summed E-state index contributed by atoms with van der Waals surface area (Å²) in [6.07, 6.45) is 0. The molecule has 0 bridgehead atoms. The maximum absolute atomic E-state index is 12.6. The first kappa shape index (κ1) is 16.2. The van der Waals surface area contributed by atoms with E-state index in [0.29, 0.717) is 12.3 Å². The van der Waals surface area contributed by atoms with E-state index in [2.05, 4.69) is 0 Å². The second kappa shape index (κ2) is 6.07. The molecule has 5 nitrogen and oxygen atoms in total. The lowest BCUT2D eigenvalue weighted by Gasteiger charge is -2.27. The van der Waals surface area contributed by atoms with E-state index in [4.69, 9.17) is 9.52 Å². The van der Waals surface area contributed by atoms with Gasteiger partial charge in [0.1, 0.15) is 23.0 Å². The number of aliphatic hydroxyl groups is 1. The fourth-order valence-corrected chi connectivity index (χ4v) is 3.92. The minimum atomic E-state index is -3.59. The van der Waals surface area contributed by atoms with Crippen LogP contribution in [0.4, 0.5) is 0 Å². The quantitative estimate of drug-likeness (QED) is 0.871. The van der Waals surface area contributed by atoms with Gasteiger partial charge in [0.25, 0.3) is 0 Å². The number of aliphatic hydroxyl groups excluding tert-OH is 1. The van der Waals surface area contributed by atoms with Gasteiger partial charge in [0.15, 0.2) is 0 Å². The molecule has 0 saturated heterocycles. The van der Waals surface area contributed by atoms with E-state index in [9.17, 15) is 8.42 Å². The van der Waals surface area contributed by atoms with Crippen LogP contribution >= 0.6 is 0 Å². The Labute approximate surface area is 115 Å². The molecule has 0 aliphatic rings. The summed E-state index contributed by atoms with van der Waals surface area (Å²) < 4.78 is 32.0. The van der Waals surface area contributed by atoms with Crippen LogP contribution in [0.25, 0.3) is 0 Å². The zero-order chi connectivity index (χ0) is 14.8. The number of sulfonamides is 1. The topological polar surface area (TPSA) is 70.8 Å². The molecule has 110 valence electrons. The smallest absolute Gasteiger partial charge is 0.246 e. The molecule has 1 N–H and O–H groups in total. The largest absolute Gasteiger partial charge is 0.462 e. The van der Waals surface area contributed by atoms with Crippen LogP contribution in [0.5, 0.6) is 0 Å². The highest BCUT2D eigenvalue weighted by molar-refractivity contribution is 7.89. The van der Waals surface area contributed by atoms with E-state index in [1.165, 1.54) is 10.4 Å². The summed E-state index contributed by atoms with van der Waals surface area (Å²) in [4.78, 5) is 0.144. The van der Waals surface area contributed by atoms with Crippen molar-refractivity contribution >= 4 is 10.0 Å². The van der Waals surface area contributed by atoms with E-state index in [-0.39, 0.29) is 29.2 Å². The van der Waals surface area contributed by atoms with Crippen molar-refractivity contribution < 1.29 is 17.9 Å². The number of rotatable bonds is 6. The molecule has 0 spiro atoms. The van der Waals surface area contributed by atoms with Crippen LogP contribution in [-0.4, -0.2) is 30.4 Å². The van der Waals surface area contributed by atoms with Gasteiger partial charge in [-0.1, -0.05) is 13.8 Å². The molecule has 0 unspecified atom stereocenters. The summed E-state index contributed by atoms with van der Waals surface area (Å²) in [5.41, 5.74) is 0. The third-order valence-electron chi connectivity index (χ3n) is 2.79. The number of furan rings is 1. The summed E-state index contributed by atoms with van der Waals surface area (Å²) in [6, 6.07) is 1.28. The summed E-state index contributed by atoms with van der Waals surface area (Å²) in [7, 11) is -3.59. The van der Waals surface area contributed by atoms with Crippen LogP contribution < -0.4 is 0 Å². The summed E-state index contributed by atoms with van der Waals surface area (Å²) in [5.74, 6) is 0.824. The molecule has 0 fully saturated rings. The number of hydrogen-bond donors (Lipinski definition) is 1. The van der Waals surface area contributed by atoms with E-state index in [1.807, 2.05) is 27.7 Å². The molecule has 0 saturated carbocycles. The molecule has 1 heterocycles. The minimum Gasteiger partial charge on any atom is -0.462 e. The molecule has 0 aliphatic carbocycles. The first-order valence-electron chi connectivity index (χ1n) is 6.42. The lowest BCUT2D eigenvalue weighted by molar-refractivity contribution is 0.244. The highest BCUT2D eigenvalue weighted by Crippen LogP contribution is 2.25. The van der Waals surface area contributed by atoms with Crippen LogP contribution in [0, 0.1) is 12.8 Å². The van der Waals surface area contributed by atoms with Gasteiger partial charge >= 0.3 is 0 Å². The average Bonchev–Trinajstić information content (AvgIpc) is 2.67. The van der Waals surface area contributed by atoms with E-state index >= 15 is 0 Å². The number of nitrogens with zero attached hydrogens (tertiary/aromatic N) is 1. The zero-order valence-corrected chi connectivity index (χ0v) is 13.0. The Morgan fingerprint density at radius 2 is 1.89 bits per heavy atom. The molecule has 0 aliphatic heterocycles.